The molecule has 25 heavy (non-hydrogen) atoms. The molecule has 2 N–H and O–H groups in total. The quantitative estimate of drug-likeness (QED) is 0.799. The Morgan fingerprint density at radius 3 is 2.32 bits per heavy atom. The molecule has 1 aliphatic heterocycles. The van der Waals surface area contributed by atoms with Gasteiger partial charge in [-0.05, 0) is 82.5 Å². The van der Waals surface area contributed by atoms with Crippen LogP contribution in [0.25, 0.3) is 0 Å². The van der Waals surface area contributed by atoms with Crippen molar-refractivity contribution >= 4 is 11.8 Å². The van der Waals surface area contributed by atoms with Crippen molar-refractivity contribution in [3.05, 3.63) is 0 Å². The number of carbonyl (C=O) groups excluding carboxylic acids is 2. The van der Waals surface area contributed by atoms with Crippen LogP contribution in [0.4, 0.5) is 0 Å². The summed E-state index contributed by atoms with van der Waals surface area (Å²) in [7, 11) is 0. The molecule has 5 heteroatoms. The van der Waals surface area contributed by atoms with Gasteiger partial charge in [-0.1, -0.05) is 0 Å². The molecule has 2 amide bonds. The van der Waals surface area contributed by atoms with Gasteiger partial charge in [-0.2, -0.15) is 0 Å². The average Bonchev–Trinajstić information content (AvgIpc) is 3.02. The van der Waals surface area contributed by atoms with Crippen molar-refractivity contribution in [1.82, 2.24) is 10.2 Å². The Morgan fingerprint density at radius 2 is 1.76 bits per heavy atom. The second-order valence-electron chi connectivity index (χ2n) is 9.28. The first-order valence-electron chi connectivity index (χ1n) is 10.2. The zero-order valence-corrected chi connectivity index (χ0v) is 15.4. The summed E-state index contributed by atoms with van der Waals surface area (Å²) >= 11 is 0. The van der Waals surface area contributed by atoms with Gasteiger partial charge in [-0.25, -0.2) is 0 Å². The molecule has 5 aliphatic rings. The van der Waals surface area contributed by atoms with Crippen LogP contribution < -0.4 is 5.32 Å². The predicted molar refractivity (Wildman–Crippen MR) is 94.6 cm³/mol. The Kier molecular flexibility index (Phi) is 4.55. The highest BCUT2D eigenvalue weighted by Gasteiger charge is 2.56. The van der Waals surface area contributed by atoms with E-state index >= 15 is 0 Å². The maximum absolute atomic E-state index is 13.5. The summed E-state index contributed by atoms with van der Waals surface area (Å²) in [5.41, 5.74) is -0.158. The molecule has 4 aliphatic carbocycles. The van der Waals surface area contributed by atoms with E-state index in [-0.39, 0.29) is 35.9 Å². The molecule has 1 saturated heterocycles. The number of nitrogens with one attached hydrogen (secondary N) is 1. The van der Waals surface area contributed by atoms with E-state index in [1.165, 1.54) is 19.3 Å². The topological polar surface area (TPSA) is 69.6 Å². The molecule has 2 unspecified atom stereocenters. The number of nitrogens with zero attached hydrogens (tertiary/aromatic N) is 1. The molecule has 4 bridgehead atoms. The van der Waals surface area contributed by atoms with E-state index in [0.717, 1.165) is 56.4 Å². The van der Waals surface area contributed by atoms with E-state index in [9.17, 15) is 9.59 Å². The van der Waals surface area contributed by atoms with Gasteiger partial charge in [0, 0.05) is 19.2 Å². The van der Waals surface area contributed by atoms with Crippen LogP contribution in [-0.4, -0.2) is 47.1 Å². The fourth-order valence-corrected chi connectivity index (χ4v) is 6.56. The summed E-state index contributed by atoms with van der Waals surface area (Å²) in [6.07, 6.45) is 9.41. The number of likely N-dealkylation sites (tertiary alicyclic amines) is 1. The molecule has 2 atom stereocenters. The van der Waals surface area contributed by atoms with Crippen LogP contribution in [0.5, 0.6) is 0 Å². The molecular formula is C20H32N2O3. The summed E-state index contributed by atoms with van der Waals surface area (Å²) in [6.45, 7) is 2.71. The zero-order valence-electron chi connectivity index (χ0n) is 15.4. The lowest BCUT2D eigenvalue weighted by Gasteiger charge is -2.56. The number of aliphatic hydroxyl groups excluding tert-OH is 1. The smallest absolute Gasteiger partial charge is 0.243 e. The molecule has 5 fully saturated rings. The number of aliphatic hydroxyl groups is 1. The highest BCUT2D eigenvalue weighted by Crippen LogP contribution is 2.60. The van der Waals surface area contributed by atoms with Crippen molar-refractivity contribution in [3.8, 4) is 0 Å². The van der Waals surface area contributed by atoms with Crippen molar-refractivity contribution in [3.63, 3.8) is 0 Å². The van der Waals surface area contributed by atoms with Crippen LogP contribution >= 0.6 is 0 Å². The highest BCUT2D eigenvalue weighted by molar-refractivity contribution is 5.91. The molecular weight excluding hydrogens is 316 g/mol. The molecule has 0 aromatic rings. The summed E-state index contributed by atoms with van der Waals surface area (Å²) in [5.74, 6) is 2.48. The maximum Gasteiger partial charge on any atom is 0.243 e. The molecule has 140 valence electrons. The van der Waals surface area contributed by atoms with Gasteiger partial charge in [-0.15, -0.1) is 0 Å². The molecule has 0 spiro atoms. The largest absolute Gasteiger partial charge is 0.396 e. The summed E-state index contributed by atoms with van der Waals surface area (Å²) in [6, 6.07) is -0.351. The third-order valence-corrected chi connectivity index (χ3v) is 7.26. The van der Waals surface area contributed by atoms with Gasteiger partial charge < -0.3 is 15.3 Å². The monoisotopic (exact) mass is 348 g/mol. The van der Waals surface area contributed by atoms with Crippen LogP contribution in [0.1, 0.15) is 64.7 Å². The van der Waals surface area contributed by atoms with E-state index in [4.69, 9.17) is 5.11 Å². The van der Waals surface area contributed by atoms with Gasteiger partial charge in [-0.3, -0.25) is 9.59 Å². The number of rotatable bonds is 5. The Bertz CT molecular complexity index is 512. The van der Waals surface area contributed by atoms with Crippen molar-refractivity contribution in [2.24, 2.45) is 23.2 Å². The van der Waals surface area contributed by atoms with Crippen LogP contribution in [0, 0.1) is 23.2 Å². The minimum Gasteiger partial charge on any atom is -0.396 e. The number of amides is 2. The molecule has 0 aromatic heterocycles. The molecule has 0 radical (unpaired) electrons. The fraction of sp³-hybridized carbons (Fsp3) is 0.900. The van der Waals surface area contributed by atoms with Gasteiger partial charge in [0.2, 0.25) is 11.8 Å². The van der Waals surface area contributed by atoms with Crippen LogP contribution in [0.15, 0.2) is 0 Å². The molecule has 0 aromatic carbocycles. The summed E-state index contributed by atoms with van der Waals surface area (Å²) < 4.78 is 0. The average molecular weight is 348 g/mol. The van der Waals surface area contributed by atoms with Crippen molar-refractivity contribution in [2.45, 2.75) is 76.8 Å². The van der Waals surface area contributed by atoms with E-state index in [0.29, 0.717) is 6.42 Å². The number of hydrogen-bond donors (Lipinski definition) is 2. The number of carbonyl (C=O) groups is 2. The second kappa shape index (κ2) is 6.57. The molecule has 1 heterocycles. The minimum absolute atomic E-state index is 0.0310. The molecule has 5 rings (SSSR count). The first-order valence-corrected chi connectivity index (χ1v) is 10.2. The minimum atomic E-state index is -0.304. The Labute approximate surface area is 150 Å². The zero-order chi connectivity index (χ0) is 17.6. The normalized spacial score (nSPS) is 40.3. The first-order chi connectivity index (χ1) is 12.0. The predicted octanol–water partition coefficient (Wildman–Crippen LogP) is 2.08. The van der Waals surface area contributed by atoms with Gasteiger partial charge in [0.25, 0.3) is 0 Å². The van der Waals surface area contributed by atoms with Gasteiger partial charge in [0.1, 0.15) is 6.04 Å². The lowest BCUT2D eigenvalue weighted by Crippen LogP contribution is -2.57. The first kappa shape index (κ1) is 17.3. The standard InChI is InChI=1S/C20H32N2O3/c1-13(4-6-23)21-18(24)17-3-2-5-22(17)19(25)20-10-14-7-15(11-20)9-16(8-14)12-20/h13-17,23H,2-12H2,1H3,(H,21,24). The van der Waals surface area contributed by atoms with Crippen LogP contribution in [0.3, 0.4) is 0 Å². The lowest BCUT2D eigenvalue weighted by atomic mass is 9.49. The summed E-state index contributed by atoms with van der Waals surface area (Å²) in [5, 5.41) is 12.0. The maximum atomic E-state index is 13.5. The van der Waals surface area contributed by atoms with Crippen LogP contribution in [-0.2, 0) is 9.59 Å². The van der Waals surface area contributed by atoms with Crippen molar-refractivity contribution in [1.29, 1.82) is 0 Å². The lowest BCUT2D eigenvalue weighted by molar-refractivity contribution is -0.160. The van der Waals surface area contributed by atoms with Crippen LogP contribution in [0.2, 0.25) is 0 Å². The highest BCUT2D eigenvalue weighted by atomic mass is 16.3. The van der Waals surface area contributed by atoms with E-state index in [1.54, 1.807) is 0 Å². The van der Waals surface area contributed by atoms with E-state index < -0.39 is 0 Å². The Morgan fingerprint density at radius 1 is 1.16 bits per heavy atom. The van der Waals surface area contributed by atoms with E-state index in [1.807, 2.05) is 11.8 Å². The third kappa shape index (κ3) is 3.09. The SMILES string of the molecule is CC(CCO)NC(=O)C1CCCN1C(=O)C12CC3CC(CC(C3)C1)C2. The third-order valence-electron chi connectivity index (χ3n) is 7.26. The van der Waals surface area contributed by atoms with Gasteiger partial charge >= 0.3 is 0 Å². The van der Waals surface area contributed by atoms with Gasteiger partial charge in [0.15, 0.2) is 0 Å². The van der Waals surface area contributed by atoms with E-state index in [2.05, 4.69) is 5.32 Å². The molecule has 4 saturated carbocycles. The Hall–Kier alpha value is -1.10. The molecule has 5 nitrogen and oxygen atoms in total. The second-order valence-corrected chi connectivity index (χ2v) is 9.28. The fourth-order valence-electron chi connectivity index (χ4n) is 6.56. The number of hydrogen-bond acceptors (Lipinski definition) is 3. The summed E-state index contributed by atoms with van der Waals surface area (Å²) in [4.78, 5) is 28.1. The van der Waals surface area contributed by atoms with Crippen molar-refractivity contribution in [2.75, 3.05) is 13.2 Å². The van der Waals surface area contributed by atoms with Gasteiger partial charge in [0.05, 0.1) is 5.41 Å². The Balaban J connectivity index is 1.47. The van der Waals surface area contributed by atoms with Crippen molar-refractivity contribution < 1.29 is 14.7 Å².